The predicted molar refractivity (Wildman–Crippen MR) is 64.4 cm³/mol. The predicted octanol–water partition coefficient (Wildman–Crippen LogP) is -0.275. The third-order valence-electron chi connectivity index (χ3n) is 3.93. The second kappa shape index (κ2) is 5.04. The highest BCUT2D eigenvalue weighted by Crippen LogP contribution is 2.47. The molecule has 2 fully saturated rings. The highest BCUT2D eigenvalue weighted by molar-refractivity contribution is 6.35. The highest BCUT2D eigenvalue weighted by atomic mass is 16.2. The van der Waals surface area contributed by atoms with Gasteiger partial charge >= 0.3 is 11.8 Å². The minimum Gasteiger partial charge on any atom is -0.347 e. The standard InChI is InChI=1S/C12H21N3O2/c1-2-12(3-4-12)9-14-10(16)11(17)15-7-5-13-6-8-15/h13H,2-9H2,1H3,(H,14,16). The molecule has 0 aromatic rings. The Bertz CT molecular complexity index is 307. The van der Waals surface area contributed by atoms with Crippen molar-refractivity contribution in [2.24, 2.45) is 5.41 Å². The Hall–Kier alpha value is -1.10. The van der Waals surface area contributed by atoms with Crippen LogP contribution in [0.4, 0.5) is 0 Å². The van der Waals surface area contributed by atoms with Crippen LogP contribution in [0.1, 0.15) is 26.2 Å². The average Bonchev–Trinajstić information content (AvgIpc) is 3.17. The summed E-state index contributed by atoms with van der Waals surface area (Å²) in [6, 6.07) is 0. The van der Waals surface area contributed by atoms with Gasteiger partial charge in [-0.3, -0.25) is 9.59 Å². The lowest BCUT2D eigenvalue weighted by Crippen LogP contribution is -2.51. The first kappa shape index (κ1) is 12.4. The maximum absolute atomic E-state index is 11.8. The normalized spacial score (nSPS) is 22.1. The Morgan fingerprint density at radius 3 is 2.47 bits per heavy atom. The molecule has 0 unspecified atom stereocenters. The van der Waals surface area contributed by atoms with Gasteiger partial charge in [-0.05, 0) is 24.7 Å². The smallest absolute Gasteiger partial charge is 0.311 e. The molecule has 96 valence electrons. The minimum atomic E-state index is -0.438. The Kier molecular flexibility index (Phi) is 3.66. The monoisotopic (exact) mass is 239 g/mol. The van der Waals surface area contributed by atoms with Crippen molar-refractivity contribution in [2.45, 2.75) is 26.2 Å². The number of rotatable bonds is 3. The fraction of sp³-hybridized carbons (Fsp3) is 0.833. The summed E-state index contributed by atoms with van der Waals surface area (Å²) < 4.78 is 0. The molecule has 1 saturated carbocycles. The van der Waals surface area contributed by atoms with Gasteiger partial charge in [0.2, 0.25) is 0 Å². The van der Waals surface area contributed by atoms with Crippen molar-refractivity contribution in [3.8, 4) is 0 Å². The van der Waals surface area contributed by atoms with Gasteiger partial charge in [0.25, 0.3) is 0 Å². The van der Waals surface area contributed by atoms with E-state index in [2.05, 4.69) is 17.6 Å². The van der Waals surface area contributed by atoms with Gasteiger partial charge in [-0.1, -0.05) is 6.92 Å². The quantitative estimate of drug-likeness (QED) is 0.666. The summed E-state index contributed by atoms with van der Waals surface area (Å²) >= 11 is 0. The summed E-state index contributed by atoms with van der Waals surface area (Å²) in [6.45, 7) is 5.60. The Balaban J connectivity index is 1.76. The summed E-state index contributed by atoms with van der Waals surface area (Å²) in [5.74, 6) is -0.815. The lowest BCUT2D eigenvalue weighted by Gasteiger charge is -2.27. The van der Waals surface area contributed by atoms with Crippen LogP contribution < -0.4 is 10.6 Å². The number of nitrogens with one attached hydrogen (secondary N) is 2. The van der Waals surface area contributed by atoms with E-state index >= 15 is 0 Å². The Morgan fingerprint density at radius 2 is 1.94 bits per heavy atom. The molecule has 5 nitrogen and oxygen atoms in total. The molecule has 0 aromatic heterocycles. The molecule has 0 atom stereocenters. The second-order valence-electron chi connectivity index (χ2n) is 5.08. The fourth-order valence-corrected chi connectivity index (χ4v) is 2.19. The van der Waals surface area contributed by atoms with Crippen molar-refractivity contribution >= 4 is 11.8 Å². The molecular weight excluding hydrogens is 218 g/mol. The van der Waals surface area contributed by atoms with Gasteiger partial charge in [0.05, 0.1) is 0 Å². The molecule has 1 aliphatic carbocycles. The van der Waals surface area contributed by atoms with E-state index in [1.54, 1.807) is 4.90 Å². The maximum atomic E-state index is 11.8. The van der Waals surface area contributed by atoms with E-state index in [4.69, 9.17) is 0 Å². The van der Waals surface area contributed by atoms with Crippen molar-refractivity contribution in [1.82, 2.24) is 15.5 Å². The summed E-state index contributed by atoms with van der Waals surface area (Å²) in [7, 11) is 0. The van der Waals surface area contributed by atoms with Gasteiger partial charge in [0.15, 0.2) is 0 Å². The molecule has 1 aliphatic heterocycles. The van der Waals surface area contributed by atoms with Crippen LogP contribution in [0.25, 0.3) is 0 Å². The van der Waals surface area contributed by atoms with Gasteiger partial charge in [-0.2, -0.15) is 0 Å². The van der Waals surface area contributed by atoms with Crippen molar-refractivity contribution in [2.75, 3.05) is 32.7 Å². The third-order valence-corrected chi connectivity index (χ3v) is 3.93. The number of carbonyl (C=O) groups excluding carboxylic acids is 2. The minimum absolute atomic E-state index is 0.291. The summed E-state index contributed by atoms with van der Waals surface area (Å²) in [5.41, 5.74) is 0.291. The highest BCUT2D eigenvalue weighted by Gasteiger charge is 2.41. The largest absolute Gasteiger partial charge is 0.347 e. The van der Waals surface area contributed by atoms with Gasteiger partial charge in [0, 0.05) is 32.7 Å². The number of piperazine rings is 1. The van der Waals surface area contributed by atoms with E-state index in [-0.39, 0.29) is 5.91 Å². The zero-order valence-corrected chi connectivity index (χ0v) is 10.4. The van der Waals surface area contributed by atoms with E-state index in [0.717, 1.165) is 19.5 Å². The van der Waals surface area contributed by atoms with E-state index in [9.17, 15) is 9.59 Å². The van der Waals surface area contributed by atoms with Crippen LogP contribution in [-0.4, -0.2) is 49.4 Å². The zero-order chi connectivity index (χ0) is 12.3. The topological polar surface area (TPSA) is 61.4 Å². The molecule has 0 aromatic carbocycles. The van der Waals surface area contributed by atoms with Crippen molar-refractivity contribution < 1.29 is 9.59 Å². The van der Waals surface area contributed by atoms with Gasteiger partial charge in [-0.25, -0.2) is 0 Å². The van der Waals surface area contributed by atoms with Crippen LogP contribution >= 0.6 is 0 Å². The molecule has 0 spiro atoms. The lowest BCUT2D eigenvalue weighted by molar-refractivity contribution is -0.146. The van der Waals surface area contributed by atoms with Crippen LogP contribution in [0.15, 0.2) is 0 Å². The first-order chi connectivity index (χ1) is 8.17. The average molecular weight is 239 g/mol. The molecular formula is C12H21N3O2. The first-order valence-electron chi connectivity index (χ1n) is 6.45. The molecule has 2 rings (SSSR count). The summed E-state index contributed by atoms with van der Waals surface area (Å²) in [5, 5.41) is 5.94. The fourth-order valence-electron chi connectivity index (χ4n) is 2.19. The van der Waals surface area contributed by atoms with Crippen molar-refractivity contribution in [3.63, 3.8) is 0 Å². The number of amides is 2. The molecule has 1 heterocycles. The van der Waals surface area contributed by atoms with Crippen LogP contribution in [-0.2, 0) is 9.59 Å². The van der Waals surface area contributed by atoms with Crippen LogP contribution in [0.2, 0.25) is 0 Å². The van der Waals surface area contributed by atoms with E-state index < -0.39 is 5.91 Å². The molecule has 17 heavy (non-hydrogen) atoms. The van der Waals surface area contributed by atoms with Crippen molar-refractivity contribution in [3.05, 3.63) is 0 Å². The third kappa shape index (κ3) is 2.97. The first-order valence-corrected chi connectivity index (χ1v) is 6.45. The Labute approximate surface area is 102 Å². The second-order valence-corrected chi connectivity index (χ2v) is 5.08. The van der Waals surface area contributed by atoms with Gasteiger partial charge in [-0.15, -0.1) is 0 Å². The van der Waals surface area contributed by atoms with Gasteiger partial charge < -0.3 is 15.5 Å². The SMILES string of the molecule is CCC1(CNC(=O)C(=O)N2CCNCC2)CC1. The van der Waals surface area contributed by atoms with Gasteiger partial charge in [0.1, 0.15) is 0 Å². The van der Waals surface area contributed by atoms with Crippen molar-refractivity contribution in [1.29, 1.82) is 0 Å². The molecule has 0 radical (unpaired) electrons. The van der Waals surface area contributed by atoms with Crippen LogP contribution in [0.3, 0.4) is 0 Å². The van der Waals surface area contributed by atoms with E-state index in [0.29, 0.717) is 25.0 Å². The molecule has 1 saturated heterocycles. The number of carbonyl (C=O) groups is 2. The molecule has 2 aliphatic rings. The molecule has 0 bridgehead atoms. The number of hydrogen-bond acceptors (Lipinski definition) is 3. The van der Waals surface area contributed by atoms with E-state index in [1.165, 1.54) is 12.8 Å². The maximum Gasteiger partial charge on any atom is 0.311 e. The lowest BCUT2D eigenvalue weighted by atomic mass is 10.0. The van der Waals surface area contributed by atoms with Crippen LogP contribution in [0.5, 0.6) is 0 Å². The van der Waals surface area contributed by atoms with E-state index in [1.807, 2.05) is 0 Å². The number of hydrogen-bond donors (Lipinski definition) is 2. The summed E-state index contributed by atoms with van der Waals surface area (Å²) in [4.78, 5) is 25.1. The molecule has 2 amide bonds. The summed E-state index contributed by atoms with van der Waals surface area (Å²) in [6.07, 6.45) is 3.42. The Morgan fingerprint density at radius 1 is 1.29 bits per heavy atom. The zero-order valence-electron chi connectivity index (χ0n) is 10.4. The number of nitrogens with zero attached hydrogens (tertiary/aromatic N) is 1. The molecule has 2 N–H and O–H groups in total. The van der Waals surface area contributed by atoms with Crippen LogP contribution in [0, 0.1) is 5.41 Å². The molecule has 5 heteroatoms.